The number of H-pyrrole nitrogens is 1. The van der Waals surface area contributed by atoms with Crippen molar-refractivity contribution in [3.8, 4) is 23.1 Å². The van der Waals surface area contributed by atoms with Gasteiger partial charge in [0.1, 0.15) is 28.5 Å². The molecule has 0 unspecified atom stereocenters. The van der Waals surface area contributed by atoms with E-state index in [1.165, 1.54) is 12.3 Å². The topological polar surface area (TPSA) is 90.7 Å². The second-order valence-electron chi connectivity index (χ2n) is 6.85. The number of aromatic amines is 1. The maximum absolute atomic E-state index is 13.1. The van der Waals surface area contributed by atoms with E-state index in [9.17, 15) is 13.2 Å². The van der Waals surface area contributed by atoms with Gasteiger partial charge in [-0.3, -0.25) is 5.10 Å². The SMILES string of the molecule is CCN(c1nc(-c2ccccc2OCC#N)c2[nH]ncc2n1)c1ccc(C(F)(F)F)cc1Cl. The number of aromatic nitrogens is 4. The predicted molar refractivity (Wildman–Crippen MR) is 117 cm³/mol. The molecule has 0 atom stereocenters. The number of rotatable bonds is 6. The Balaban J connectivity index is 1.86. The van der Waals surface area contributed by atoms with Crippen LogP contribution in [0.25, 0.3) is 22.3 Å². The van der Waals surface area contributed by atoms with Gasteiger partial charge in [0.05, 0.1) is 22.5 Å². The van der Waals surface area contributed by atoms with Crippen LogP contribution in [-0.4, -0.2) is 33.3 Å². The third-order valence-corrected chi connectivity index (χ3v) is 5.15. The van der Waals surface area contributed by atoms with Crippen molar-refractivity contribution in [3.63, 3.8) is 0 Å². The molecule has 2 heterocycles. The van der Waals surface area contributed by atoms with E-state index in [-0.39, 0.29) is 17.6 Å². The molecular weight excluding hydrogens is 457 g/mol. The first-order chi connectivity index (χ1) is 15.8. The minimum atomic E-state index is -4.51. The summed E-state index contributed by atoms with van der Waals surface area (Å²) in [5.74, 6) is 0.661. The Labute approximate surface area is 191 Å². The lowest BCUT2D eigenvalue weighted by molar-refractivity contribution is -0.137. The van der Waals surface area contributed by atoms with Crippen LogP contribution in [0.15, 0.2) is 48.7 Å². The number of halogens is 4. The van der Waals surface area contributed by atoms with Gasteiger partial charge in [0.15, 0.2) is 6.61 Å². The monoisotopic (exact) mass is 472 g/mol. The Kier molecular flexibility index (Phi) is 6.07. The highest BCUT2D eigenvalue weighted by atomic mass is 35.5. The summed E-state index contributed by atoms with van der Waals surface area (Å²) in [6.07, 6.45) is -2.99. The average Bonchev–Trinajstić information content (AvgIpc) is 3.27. The minimum Gasteiger partial charge on any atom is -0.478 e. The summed E-state index contributed by atoms with van der Waals surface area (Å²) < 4.78 is 44.8. The van der Waals surface area contributed by atoms with Crippen molar-refractivity contribution in [3.05, 3.63) is 59.2 Å². The second-order valence-corrected chi connectivity index (χ2v) is 7.26. The molecule has 0 fully saturated rings. The second kappa shape index (κ2) is 8.96. The smallest absolute Gasteiger partial charge is 0.416 e. The molecule has 4 rings (SSSR count). The van der Waals surface area contributed by atoms with E-state index in [0.29, 0.717) is 40.3 Å². The number of nitriles is 1. The Bertz CT molecular complexity index is 1350. The molecule has 2 aromatic heterocycles. The Morgan fingerprint density at radius 2 is 1.97 bits per heavy atom. The van der Waals surface area contributed by atoms with Crippen LogP contribution in [-0.2, 0) is 6.18 Å². The normalized spacial score (nSPS) is 11.4. The predicted octanol–water partition coefficient (Wildman–Crippen LogP) is 5.75. The van der Waals surface area contributed by atoms with Crippen LogP contribution in [0.3, 0.4) is 0 Å². The molecule has 1 N–H and O–H groups in total. The quantitative estimate of drug-likeness (QED) is 0.384. The van der Waals surface area contributed by atoms with Crippen molar-refractivity contribution in [2.45, 2.75) is 13.1 Å². The van der Waals surface area contributed by atoms with Gasteiger partial charge in [-0.25, -0.2) is 9.97 Å². The molecule has 0 amide bonds. The van der Waals surface area contributed by atoms with Gasteiger partial charge in [0.25, 0.3) is 0 Å². The summed E-state index contributed by atoms with van der Waals surface area (Å²) in [7, 11) is 0. The van der Waals surface area contributed by atoms with Crippen LogP contribution in [0.2, 0.25) is 5.02 Å². The summed E-state index contributed by atoms with van der Waals surface area (Å²) in [5, 5.41) is 15.7. The highest BCUT2D eigenvalue weighted by Gasteiger charge is 2.31. The van der Waals surface area contributed by atoms with Gasteiger partial charge in [-0.2, -0.15) is 23.5 Å². The van der Waals surface area contributed by atoms with Crippen molar-refractivity contribution < 1.29 is 17.9 Å². The number of nitrogens with zero attached hydrogens (tertiary/aromatic N) is 5. The average molecular weight is 473 g/mol. The van der Waals surface area contributed by atoms with Crippen LogP contribution >= 0.6 is 11.6 Å². The molecule has 0 aliphatic rings. The van der Waals surface area contributed by atoms with E-state index in [0.717, 1.165) is 12.1 Å². The first kappa shape index (κ1) is 22.4. The molecular formula is C22H16ClF3N6O. The van der Waals surface area contributed by atoms with E-state index in [2.05, 4.69) is 20.2 Å². The number of fused-ring (bicyclic) bond motifs is 1. The molecule has 4 aromatic rings. The number of nitrogens with one attached hydrogen (secondary N) is 1. The molecule has 11 heteroatoms. The molecule has 168 valence electrons. The third-order valence-electron chi connectivity index (χ3n) is 4.85. The number of benzene rings is 2. The molecule has 7 nitrogen and oxygen atoms in total. The van der Waals surface area contributed by atoms with Crippen molar-refractivity contribution in [2.24, 2.45) is 0 Å². The number of ether oxygens (including phenoxy) is 1. The molecule has 33 heavy (non-hydrogen) atoms. The maximum atomic E-state index is 13.1. The Morgan fingerprint density at radius 1 is 1.18 bits per heavy atom. The van der Waals surface area contributed by atoms with Gasteiger partial charge in [-0.15, -0.1) is 0 Å². The van der Waals surface area contributed by atoms with E-state index in [1.54, 1.807) is 36.1 Å². The van der Waals surface area contributed by atoms with Gasteiger partial charge >= 0.3 is 6.18 Å². The molecule has 0 bridgehead atoms. The van der Waals surface area contributed by atoms with E-state index >= 15 is 0 Å². The maximum Gasteiger partial charge on any atom is 0.416 e. The zero-order valence-corrected chi connectivity index (χ0v) is 17.9. The Morgan fingerprint density at radius 3 is 2.67 bits per heavy atom. The van der Waals surface area contributed by atoms with E-state index < -0.39 is 11.7 Å². The highest BCUT2D eigenvalue weighted by Crippen LogP contribution is 2.38. The Hall–Kier alpha value is -3.84. The minimum absolute atomic E-state index is 0.0816. The van der Waals surface area contributed by atoms with Crippen LogP contribution in [0, 0.1) is 11.3 Å². The zero-order valence-electron chi connectivity index (χ0n) is 17.2. The molecule has 0 spiro atoms. The van der Waals surface area contributed by atoms with Crippen LogP contribution < -0.4 is 9.64 Å². The third kappa shape index (κ3) is 4.40. The summed E-state index contributed by atoms with van der Waals surface area (Å²) >= 11 is 6.23. The lowest BCUT2D eigenvalue weighted by Crippen LogP contribution is -2.20. The number of para-hydroxylation sites is 1. The number of hydrogen-bond acceptors (Lipinski definition) is 6. The first-order valence-corrected chi connectivity index (χ1v) is 10.2. The number of alkyl halides is 3. The highest BCUT2D eigenvalue weighted by molar-refractivity contribution is 6.33. The molecule has 0 aliphatic heterocycles. The molecule has 0 saturated heterocycles. The van der Waals surface area contributed by atoms with E-state index in [1.807, 2.05) is 6.07 Å². The lowest BCUT2D eigenvalue weighted by atomic mass is 10.1. The zero-order chi connectivity index (χ0) is 23.6. The molecule has 2 aromatic carbocycles. The van der Waals surface area contributed by atoms with Gasteiger partial charge < -0.3 is 9.64 Å². The van der Waals surface area contributed by atoms with Crippen LogP contribution in [0.1, 0.15) is 12.5 Å². The summed E-state index contributed by atoms with van der Waals surface area (Å²) in [5.41, 5.74) is 1.58. The van der Waals surface area contributed by atoms with Crippen molar-refractivity contribution in [1.29, 1.82) is 5.26 Å². The lowest BCUT2D eigenvalue weighted by Gasteiger charge is -2.23. The summed E-state index contributed by atoms with van der Waals surface area (Å²) in [6.45, 7) is 1.99. The van der Waals surface area contributed by atoms with Crippen molar-refractivity contribution in [1.82, 2.24) is 20.2 Å². The van der Waals surface area contributed by atoms with Crippen LogP contribution in [0.4, 0.5) is 24.8 Å². The fourth-order valence-corrected chi connectivity index (χ4v) is 3.65. The first-order valence-electron chi connectivity index (χ1n) is 9.78. The largest absolute Gasteiger partial charge is 0.478 e. The fourth-order valence-electron chi connectivity index (χ4n) is 3.36. The van der Waals surface area contributed by atoms with Crippen molar-refractivity contribution in [2.75, 3.05) is 18.1 Å². The summed E-state index contributed by atoms with van der Waals surface area (Å²) in [4.78, 5) is 10.8. The van der Waals surface area contributed by atoms with Crippen molar-refractivity contribution >= 4 is 34.3 Å². The van der Waals surface area contributed by atoms with Gasteiger partial charge in [0.2, 0.25) is 5.95 Å². The number of anilines is 2. The van der Waals surface area contributed by atoms with Gasteiger partial charge in [0, 0.05) is 12.1 Å². The molecule has 0 saturated carbocycles. The number of hydrogen-bond donors (Lipinski definition) is 1. The van der Waals surface area contributed by atoms with Crippen LogP contribution in [0.5, 0.6) is 5.75 Å². The molecule has 0 aliphatic carbocycles. The summed E-state index contributed by atoms with van der Waals surface area (Å²) in [6, 6.07) is 12.1. The molecule has 0 radical (unpaired) electrons. The van der Waals surface area contributed by atoms with Gasteiger partial charge in [-0.05, 0) is 37.3 Å². The fraction of sp³-hybridized carbons (Fsp3) is 0.182. The standard InChI is InChI=1S/C22H16ClF3N6O/c1-2-32(17-8-7-13(11-15(17)23)22(24,25)26)21-29-16-12-28-31-20(16)19(30-21)14-5-3-4-6-18(14)33-10-9-27/h3-8,11-12H,2,10H2,1H3,(H,28,31). The van der Waals surface area contributed by atoms with Gasteiger partial charge in [-0.1, -0.05) is 23.7 Å². The van der Waals surface area contributed by atoms with E-state index in [4.69, 9.17) is 21.6 Å².